The van der Waals surface area contributed by atoms with Crippen LogP contribution in [0.4, 0.5) is 5.69 Å². The lowest BCUT2D eigenvalue weighted by Crippen LogP contribution is -2.37. The molecule has 1 aliphatic rings. The van der Waals surface area contributed by atoms with Crippen molar-refractivity contribution in [2.24, 2.45) is 5.92 Å². The van der Waals surface area contributed by atoms with E-state index in [1.807, 2.05) is 12.1 Å². The SMILES string of the molecule is CS(=O)(=O)Nc1ccc(C(=O)C2CCN(CCc3ccc(O)cc3)CC2)cc1. The van der Waals surface area contributed by atoms with Crippen molar-refractivity contribution in [2.45, 2.75) is 19.3 Å². The van der Waals surface area contributed by atoms with E-state index in [2.05, 4.69) is 9.62 Å². The fourth-order valence-corrected chi connectivity index (χ4v) is 4.09. The second-order valence-corrected chi connectivity index (χ2v) is 9.10. The van der Waals surface area contributed by atoms with Crippen LogP contribution in [0.5, 0.6) is 5.75 Å². The summed E-state index contributed by atoms with van der Waals surface area (Å²) in [6, 6.07) is 13.9. The van der Waals surface area contributed by atoms with Crippen LogP contribution in [0, 0.1) is 5.92 Å². The molecule has 0 radical (unpaired) electrons. The molecule has 3 rings (SSSR count). The number of nitrogens with zero attached hydrogens (tertiary/aromatic N) is 1. The van der Waals surface area contributed by atoms with Crippen LogP contribution in [0.25, 0.3) is 0 Å². The average Bonchev–Trinajstić information content (AvgIpc) is 2.67. The van der Waals surface area contributed by atoms with E-state index in [9.17, 15) is 18.3 Å². The molecule has 2 aromatic carbocycles. The third-order valence-electron chi connectivity index (χ3n) is 5.08. The lowest BCUT2D eigenvalue weighted by molar-refractivity contribution is 0.0841. The molecule has 28 heavy (non-hydrogen) atoms. The number of anilines is 1. The molecule has 0 saturated carbocycles. The number of rotatable bonds is 7. The van der Waals surface area contributed by atoms with Gasteiger partial charge in [0.15, 0.2) is 5.78 Å². The molecule has 0 spiro atoms. The maximum absolute atomic E-state index is 12.7. The highest BCUT2D eigenvalue weighted by Gasteiger charge is 2.25. The molecule has 1 fully saturated rings. The maximum atomic E-state index is 12.7. The number of phenols is 1. The minimum absolute atomic E-state index is 0.0126. The third-order valence-corrected chi connectivity index (χ3v) is 5.69. The van der Waals surface area contributed by atoms with Gasteiger partial charge in [0.25, 0.3) is 0 Å². The first-order chi connectivity index (χ1) is 13.3. The van der Waals surface area contributed by atoms with Crippen molar-refractivity contribution in [3.05, 3.63) is 59.7 Å². The Morgan fingerprint density at radius 3 is 2.25 bits per heavy atom. The van der Waals surface area contributed by atoms with Crippen molar-refractivity contribution in [1.82, 2.24) is 4.90 Å². The molecule has 7 heteroatoms. The molecular formula is C21H26N2O4S. The normalized spacial score (nSPS) is 16.0. The second kappa shape index (κ2) is 8.75. The molecule has 0 atom stereocenters. The molecule has 150 valence electrons. The molecule has 0 aliphatic carbocycles. The van der Waals surface area contributed by atoms with Gasteiger partial charge in [-0.15, -0.1) is 0 Å². The number of ketones is 1. The third kappa shape index (κ3) is 5.81. The van der Waals surface area contributed by atoms with Gasteiger partial charge in [0.05, 0.1) is 6.26 Å². The van der Waals surface area contributed by atoms with E-state index in [0.717, 1.165) is 45.2 Å². The summed E-state index contributed by atoms with van der Waals surface area (Å²) in [6.07, 6.45) is 3.69. The fourth-order valence-electron chi connectivity index (χ4n) is 3.52. The lowest BCUT2D eigenvalue weighted by atomic mass is 9.88. The van der Waals surface area contributed by atoms with Crippen molar-refractivity contribution in [2.75, 3.05) is 30.6 Å². The monoisotopic (exact) mass is 402 g/mol. The highest BCUT2D eigenvalue weighted by atomic mass is 32.2. The highest BCUT2D eigenvalue weighted by Crippen LogP contribution is 2.23. The summed E-state index contributed by atoms with van der Waals surface area (Å²) in [5.74, 6) is 0.422. The number of benzene rings is 2. The van der Waals surface area contributed by atoms with Gasteiger partial charge in [0, 0.05) is 23.7 Å². The van der Waals surface area contributed by atoms with Gasteiger partial charge in [0.1, 0.15) is 5.75 Å². The number of carbonyl (C=O) groups excluding carboxylic acids is 1. The van der Waals surface area contributed by atoms with Gasteiger partial charge < -0.3 is 10.0 Å². The number of carbonyl (C=O) groups is 1. The van der Waals surface area contributed by atoms with Gasteiger partial charge in [-0.2, -0.15) is 0 Å². The van der Waals surface area contributed by atoms with Gasteiger partial charge in [-0.1, -0.05) is 12.1 Å². The highest BCUT2D eigenvalue weighted by molar-refractivity contribution is 7.92. The van der Waals surface area contributed by atoms with Gasteiger partial charge in [-0.05, 0) is 74.3 Å². The minimum Gasteiger partial charge on any atom is -0.508 e. The zero-order valence-electron chi connectivity index (χ0n) is 16.0. The van der Waals surface area contributed by atoms with E-state index in [1.54, 1.807) is 36.4 Å². The topological polar surface area (TPSA) is 86.7 Å². The smallest absolute Gasteiger partial charge is 0.229 e. The standard InChI is InChI=1S/C21H26N2O4S/c1-28(26,27)22-19-6-4-17(5-7-19)21(25)18-11-14-23(15-12-18)13-10-16-2-8-20(24)9-3-16/h2-9,18,22,24H,10-15H2,1H3. The first-order valence-electron chi connectivity index (χ1n) is 9.42. The van der Waals surface area contributed by atoms with E-state index in [1.165, 1.54) is 5.56 Å². The Kier molecular flexibility index (Phi) is 6.36. The molecule has 1 heterocycles. The number of phenolic OH excluding ortho intramolecular Hbond substituents is 1. The Bertz CT molecular complexity index is 900. The number of nitrogens with one attached hydrogen (secondary N) is 1. The molecule has 0 bridgehead atoms. The summed E-state index contributed by atoms with van der Waals surface area (Å²) >= 11 is 0. The Labute approximate surface area is 166 Å². The molecule has 6 nitrogen and oxygen atoms in total. The summed E-state index contributed by atoms with van der Waals surface area (Å²) < 4.78 is 24.9. The van der Waals surface area contributed by atoms with E-state index in [-0.39, 0.29) is 17.5 Å². The van der Waals surface area contributed by atoms with Crippen molar-refractivity contribution < 1.29 is 18.3 Å². The van der Waals surface area contributed by atoms with E-state index in [4.69, 9.17) is 0 Å². The summed E-state index contributed by atoms with van der Waals surface area (Å²) in [5, 5.41) is 9.34. The van der Waals surface area contributed by atoms with Gasteiger partial charge in [-0.3, -0.25) is 9.52 Å². The molecule has 1 aliphatic heterocycles. The molecule has 2 aromatic rings. The Morgan fingerprint density at radius 1 is 1.07 bits per heavy atom. The largest absolute Gasteiger partial charge is 0.508 e. The van der Waals surface area contributed by atoms with Crippen LogP contribution in [-0.2, 0) is 16.4 Å². The van der Waals surface area contributed by atoms with E-state index in [0.29, 0.717) is 11.3 Å². The summed E-state index contributed by atoms with van der Waals surface area (Å²) in [6.45, 7) is 2.72. The number of hydrogen-bond donors (Lipinski definition) is 2. The summed E-state index contributed by atoms with van der Waals surface area (Å²) in [7, 11) is -3.32. The fraction of sp³-hybridized carbons (Fsp3) is 0.381. The summed E-state index contributed by atoms with van der Waals surface area (Å²) in [4.78, 5) is 15.1. The number of likely N-dealkylation sites (tertiary alicyclic amines) is 1. The predicted octanol–water partition coefficient (Wildman–Crippen LogP) is 2.90. The van der Waals surface area contributed by atoms with Crippen LogP contribution >= 0.6 is 0 Å². The van der Waals surface area contributed by atoms with Crippen molar-refractivity contribution in [3.8, 4) is 5.75 Å². The van der Waals surface area contributed by atoms with Crippen LogP contribution in [0.2, 0.25) is 0 Å². The summed E-state index contributed by atoms with van der Waals surface area (Å²) in [5.41, 5.74) is 2.28. The molecule has 2 N–H and O–H groups in total. The molecule has 0 amide bonds. The Balaban J connectivity index is 1.48. The van der Waals surface area contributed by atoms with Gasteiger partial charge in [-0.25, -0.2) is 8.42 Å². The Hall–Kier alpha value is -2.38. The quantitative estimate of drug-likeness (QED) is 0.696. The van der Waals surface area contributed by atoms with Gasteiger partial charge >= 0.3 is 0 Å². The zero-order valence-corrected chi connectivity index (χ0v) is 16.8. The molecule has 1 saturated heterocycles. The van der Waals surface area contributed by atoms with Gasteiger partial charge in [0.2, 0.25) is 10.0 Å². The number of piperidine rings is 1. The first-order valence-corrected chi connectivity index (χ1v) is 11.3. The van der Waals surface area contributed by atoms with Crippen LogP contribution in [0.15, 0.2) is 48.5 Å². The minimum atomic E-state index is -3.32. The van der Waals surface area contributed by atoms with Crippen molar-refractivity contribution in [1.29, 1.82) is 0 Å². The lowest BCUT2D eigenvalue weighted by Gasteiger charge is -2.31. The van der Waals surface area contributed by atoms with E-state index < -0.39 is 10.0 Å². The molecule has 0 aromatic heterocycles. The molecule has 0 unspecified atom stereocenters. The van der Waals surface area contributed by atoms with Crippen LogP contribution in [0.1, 0.15) is 28.8 Å². The maximum Gasteiger partial charge on any atom is 0.229 e. The Morgan fingerprint density at radius 2 is 1.68 bits per heavy atom. The number of aromatic hydroxyl groups is 1. The molecular weight excluding hydrogens is 376 g/mol. The zero-order chi connectivity index (χ0) is 20.1. The second-order valence-electron chi connectivity index (χ2n) is 7.35. The van der Waals surface area contributed by atoms with E-state index >= 15 is 0 Å². The first kappa shape index (κ1) is 20.4. The van der Waals surface area contributed by atoms with Crippen LogP contribution < -0.4 is 4.72 Å². The number of Topliss-reactive ketones (excluding diaryl/α,β-unsaturated/α-hetero) is 1. The number of sulfonamides is 1. The number of hydrogen-bond acceptors (Lipinski definition) is 5. The van der Waals surface area contributed by atoms with Crippen LogP contribution in [-0.4, -0.2) is 50.1 Å². The van der Waals surface area contributed by atoms with Crippen molar-refractivity contribution >= 4 is 21.5 Å². The van der Waals surface area contributed by atoms with Crippen LogP contribution in [0.3, 0.4) is 0 Å². The predicted molar refractivity (Wildman–Crippen MR) is 110 cm³/mol. The van der Waals surface area contributed by atoms with Crippen molar-refractivity contribution in [3.63, 3.8) is 0 Å². The average molecular weight is 403 g/mol.